The molecule has 4 nitrogen and oxygen atoms in total. The third-order valence-corrected chi connectivity index (χ3v) is 3.33. The number of rotatable bonds is 4. The van der Waals surface area contributed by atoms with Crippen LogP contribution in [0.3, 0.4) is 0 Å². The summed E-state index contributed by atoms with van der Waals surface area (Å²) >= 11 is 0. The molecular formula is C12H24N2O2. The van der Waals surface area contributed by atoms with Crippen molar-refractivity contribution in [1.29, 1.82) is 0 Å². The molecule has 0 aromatic heterocycles. The van der Waals surface area contributed by atoms with E-state index in [1.165, 1.54) is 0 Å². The number of hydrogen-bond acceptors (Lipinski definition) is 3. The second-order valence-electron chi connectivity index (χ2n) is 5.06. The number of carbonyl (C=O) groups excluding carboxylic acids is 1. The summed E-state index contributed by atoms with van der Waals surface area (Å²) in [7, 11) is 0. The molecule has 1 aliphatic rings. The van der Waals surface area contributed by atoms with Gasteiger partial charge < -0.3 is 15.4 Å². The van der Waals surface area contributed by atoms with Gasteiger partial charge in [-0.05, 0) is 32.1 Å². The van der Waals surface area contributed by atoms with Crippen molar-refractivity contribution in [2.75, 3.05) is 26.3 Å². The highest BCUT2D eigenvalue weighted by Gasteiger charge is 2.32. The van der Waals surface area contributed by atoms with E-state index in [0.29, 0.717) is 0 Å². The van der Waals surface area contributed by atoms with Gasteiger partial charge in [-0.3, -0.25) is 4.79 Å². The average Bonchev–Trinajstić information content (AvgIpc) is 2.26. The fourth-order valence-electron chi connectivity index (χ4n) is 2.05. The number of nitrogens with two attached hydrogens (primary N) is 1. The summed E-state index contributed by atoms with van der Waals surface area (Å²) in [6.45, 7) is 9.17. The zero-order valence-corrected chi connectivity index (χ0v) is 10.7. The average molecular weight is 228 g/mol. The molecule has 0 bridgehead atoms. The van der Waals surface area contributed by atoms with Gasteiger partial charge in [-0.1, -0.05) is 6.92 Å². The third-order valence-electron chi connectivity index (χ3n) is 3.33. The molecule has 2 N–H and O–H groups in total. The van der Waals surface area contributed by atoms with Crippen molar-refractivity contribution in [3.05, 3.63) is 0 Å². The summed E-state index contributed by atoms with van der Waals surface area (Å²) in [6, 6.07) is -0.378. The van der Waals surface area contributed by atoms with Gasteiger partial charge in [0, 0.05) is 19.7 Å². The lowest BCUT2D eigenvalue weighted by Crippen LogP contribution is -2.48. The number of carbonyl (C=O) groups is 1. The van der Waals surface area contributed by atoms with E-state index in [0.717, 1.165) is 39.1 Å². The minimum atomic E-state index is -0.378. The van der Waals surface area contributed by atoms with Gasteiger partial charge in [0.05, 0.1) is 12.6 Å². The molecule has 0 aliphatic carbocycles. The first-order chi connectivity index (χ1) is 7.48. The highest BCUT2D eigenvalue weighted by molar-refractivity contribution is 5.81. The number of amides is 1. The van der Waals surface area contributed by atoms with Crippen LogP contribution >= 0.6 is 0 Å². The summed E-state index contributed by atoms with van der Waals surface area (Å²) < 4.78 is 5.49. The molecule has 0 radical (unpaired) electrons. The first-order valence-electron chi connectivity index (χ1n) is 6.10. The maximum atomic E-state index is 11.7. The van der Waals surface area contributed by atoms with Crippen LogP contribution < -0.4 is 5.73 Å². The van der Waals surface area contributed by atoms with Crippen molar-refractivity contribution in [3.8, 4) is 0 Å². The Labute approximate surface area is 98.1 Å². The zero-order chi connectivity index (χ0) is 12.2. The summed E-state index contributed by atoms with van der Waals surface area (Å²) in [4.78, 5) is 13.6. The Morgan fingerprint density at radius 3 is 2.50 bits per heavy atom. The Morgan fingerprint density at radius 1 is 1.50 bits per heavy atom. The summed E-state index contributed by atoms with van der Waals surface area (Å²) in [6.07, 6.45) is 2.01. The van der Waals surface area contributed by atoms with E-state index in [1.807, 2.05) is 11.8 Å². The molecule has 1 rings (SSSR count). The molecule has 94 valence electrons. The Morgan fingerprint density at radius 2 is 2.06 bits per heavy atom. The molecule has 0 unspecified atom stereocenters. The van der Waals surface area contributed by atoms with E-state index in [4.69, 9.17) is 10.5 Å². The minimum absolute atomic E-state index is 0.0680. The van der Waals surface area contributed by atoms with Gasteiger partial charge in [0.2, 0.25) is 5.91 Å². The molecule has 0 spiro atoms. The van der Waals surface area contributed by atoms with Crippen LogP contribution in [0.15, 0.2) is 0 Å². The molecular weight excluding hydrogens is 204 g/mol. The molecule has 1 heterocycles. The van der Waals surface area contributed by atoms with Crippen molar-refractivity contribution in [3.63, 3.8) is 0 Å². The molecule has 1 aliphatic heterocycles. The van der Waals surface area contributed by atoms with Crippen LogP contribution in [0.1, 0.15) is 33.6 Å². The lowest BCUT2D eigenvalue weighted by molar-refractivity contribution is -0.135. The molecule has 0 aromatic rings. The fraction of sp³-hybridized carbons (Fsp3) is 0.917. The Balaban J connectivity index is 2.41. The molecule has 1 atom stereocenters. The Hall–Kier alpha value is -0.610. The van der Waals surface area contributed by atoms with Gasteiger partial charge >= 0.3 is 0 Å². The van der Waals surface area contributed by atoms with Crippen LogP contribution in [0.25, 0.3) is 0 Å². The van der Waals surface area contributed by atoms with Gasteiger partial charge in [0.1, 0.15) is 0 Å². The van der Waals surface area contributed by atoms with Crippen LogP contribution in [0, 0.1) is 5.41 Å². The van der Waals surface area contributed by atoms with Crippen LogP contribution in [-0.2, 0) is 9.53 Å². The second-order valence-corrected chi connectivity index (χ2v) is 5.06. The highest BCUT2D eigenvalue weighted by atomic mass is 16.5. The number of likely N-dealkylation sites (tertiary alicyclic amines) is 1. The SMILES string of the molecule is CCOCC1(C)CCN(C(=O)[C@@H](C)N)CC1. The van der Waals surface area contributed by atoms with Crippen molar-refractivity contribution < 1.29 is 9.53 Å². The van der Waals surface area contributed by atoms with E-state index in [2.05, 4.69) is 6.92 Å². The monoisotopic (exact) mass is 228 g/mol. The van der Waals surface area contributed by atoms with Gasteiger partial charge in [-0.2, -0.15) is 0 Å². The van der Waals surface area contributed by atoms with Crippen LogP contribution in [0.2, 0.25) is 0 Å². The van der Waals surface area contributed by atoms with Gasteiger partial charge in [-0.15, -0.1) is 0 Å². The van der Waals surface area contributed by atoms with Crippen LogP contribution in [0.4, 0.5) is 0 Å². The molecule has 0 aromatic carbocycles. The smallest absolute Gasteiger partial charge is 0.239 e. The fourth-order valence-corrected chi connectivity index (χ4v) is 2.05. The van der Waals surface area contributed by atoms with E-state index < -0.39 is 0 Å². The molecule has 4 heteroatoms. The zero-order valence-electron chi connectivity index (χ0n) is 10.7. The van der Waals surface area contributed by atoms with E-state index in [9.17, 15) is 4.79 Å². The lowest BCUT2D eigenvalue weighted by Gasteiger charge is -2.39. The Bertz CT molecular complexity index is 233. The van der Waals surface area contributed by atoms with Gasteiger partial charge in [0.25, 0.3) is 0 Å². The molecule has 1 fully saturated rings. The first kappa shape index (κ1) is 13.5. The van der Waals surface area contributed by atoms with Crippen molar-refractivity contribution in [2.24, 2.45) is 11.1 Å². The predicted molar refractivity (Wildman–Crippen MR) is 64.1 cm³/mol. The van der Waals surface area contributed by atoms with Crippen LogP contribution in [-0.4, -0.2) is 43.2 Å². The van der Waals surface area contributed by atoms with Crippen molar-refractivity contribution >= 4 is 5.91 Å². The third kappa shape index (κ3) is 3.46. The minimum Gasteiger partial charge on any atom is -0.381 e. The predicted octanol–water partition coefficient (Wildman–Crippen LogP) is 0.999. The molecule has 1 amide bonds. The van der Waals surface area contributed by atoms with Gasteiger partial charge in [-0.25, -0.2) is 0 Å². The van der Waals surface area contributed by atoms with E-state index >= 15 is 0 Å². The lowest BCUT2D eigenvalue weighted by atomic mass is 9.81. The quantitative estimate of drug-likeness (QED) is 0.781. The van der Waals surface area contributed by atoms with E-state index in [-0.39, 0.29) is 17.4 Å². The first-order valence-corrected chi connectivity index (χ1v) is 6.10. The highest BCUT2D eigenvalue weighted by Crippen LogP contribution is 2.31. The van der Waals surface area contributed by atoms with Crippen LogP contribution in [0.5, 0.6) is 0 Å². The standard InChI is InChI=1S/C12H24N2O2/c1-4-16-9-12(3)5-7-14(8-6-12)11(15)10(2)13/h10H,4-9,13H2,1-3H3/t10-/m1/s1. The normalized spacial score (nSPS) is 21.9. The van der Waals surface area contributed by atoms with Gasteiger partial charge in [0.15, 0.2) is 0 Å². The number of piperidine rings is 1. The molecule has 1 saturated heterocycles. The maximum absolute atomic E-state index is 11.7. The van der Waals surface area contributed by atoms with Crippen molar-refractivity contribution in [2.45, 2.75) is 39.7 Å². The molecule has 16 heavy (non-hydrogen) atoms. The Kier molecular flexibility index (Phi) is 4.74. The summed E-state index contributed by atoms with van der Waals surface area (Å²) in [5, 5.41) is 0. The number of hydrogen-bond donors (Lipinski definition) is 1. The number of nitrogens with zero attached hydrogens (tertiary/aromatic N) is 1. The largest absolute Gasteiger partial charge is 0.381 e. The molecule has 0 saturated carbocycles. The summed E-state index contributed by atoms with van der Waals surface area (Å²) in [5.41, 5.74) is 5.83. The number of ether oxygens (including phenoxy) is 1. The topological polar surface area (TPSA) is 55.6 Å². The maximum Gasteiger partial charge on any atom is 0.239 e. The summed E-state index contributed by atoms with van der Waals surface area (Å²) in [5.74, 6) is 0.0680. The van der Waals surface area contributed by atoms with Crippen molar-refractivity contribution in [1.82, 2.24) is 4.90 Å². The van der Waals surface area contributed by atoms with E-state index in [1.54, 1.807) is 6.92 Å². The second kappa shape index (κ2) is 5.64.